The summed E-state index contributed by atoms with van der Waals surface area (Å²) in [6, 6.07) is 1.71. The van der Waals surface area contributed by atoms with E-state index in [1.54, 1.807) is 12.3 Å². The molecule has 0 aromatic carbocycles. The molecule has 0 aliphatic heterocycles. The van der Waals surface area contributed by atoms with Crippen molar-refractivity contribution < 1.29 is 0 Å². The first-order valence-corrected chi connectivity index (χ1v) is 1.61. The summed E-state index contributed by atoms with van der Waals surface area (Å²) in [5.74, 6) is 0. The molecule has 3 heteroatoms. The predicted molar refractivity (Wildman–Crippen MR) is 23.5 cm³/mol. The lowest BCUT2D eigenvalue weighted by Gasteiger charge is -1.70. The number of nitriles is 2. The van der Waals surface area contributed by atoms with Crippen molar-refractivity contribution in [1.82, 2.24) is 5.32 Å². The van der Waals surface area contributed by atoms with Crippen LogP contribution >= 0.6 is 0 Å². The highest BCUT2D eigenvalue weighted by Crippen LogP contribution is 1.57. The van der Waals surface area contributed by atoms with Gasteiger partial charge in [-0.3, -0.25) is 5.32 Å². The molecule has 0 aliphatic rings. The van der Waals surface area contributed by atoms with E-state index in [4.69, 9.17) is 10.5 Å². The maximum Gasteiger partial charge on any atom is 0.180 e. The van der Waals surface area contributed by atoms with Crippen LogP contribution in [0.25, 0.3) is 0 Å². The minimum Gasteiger partial charge on any atom is -0.299 e. The van der Waals surface area contributed by atoms with E-state index in [0.29, 0.717) is 0 Å². The van der Waals surface area contributed by atoms with Crippen LogP contribution in [0.4, 0.5) is 0 Å². The summed E-state index contributed by atoms with van der Waals surface area (Å²) in [6.07, 6.45) is 4.06. The fourth-order valence-electron chi connectivity index (χ4n) is 0.116. The lowest BCUT2D eigenvalue weighted by Crippen LogP contribution is -1.88. The third-order valence-electron chi connectivity index (χ3n) is 0.306. The van der Waals surface area contributed by atoms with E-state index in [2.05, 4.69) is 5.32 Å². The zero-order chi connectivity index (χ0) is 5.54. The third-order valence-corrected chi connectivity index (χ3v) is 0.306. The molecule has 0 saturated carbocycles. The second kappa shape index (κ2) is 4.52. The van der Waals surface area contributed by atoms with E-state index in [1.807, 2.05) is 0 Å². The van der Waals surface area contributed by atoms with Crippen molar-refractivity contribution in [1.29, 1.82) is 10.5 Å². The quantitative estimate of drug-likeness (QED) is 0.284. The SMILES string of the molecule is N#CC=CNC#N. The molecule has 0 aliphatic carbocycles. The molecule has 0 bridgehead atoms. The van der Waals surface area contributed by atoms with Gasteiger partial charge in [0.15, 0.2) is 6.19 Å². The zero-order valence-corrected chi connectivity index (χ0v) is 3.55. The lowest BCUT2D eigenvalue weighted by molar-refractivity contribution is 1.20. The molecular formula is C4H3N3. The highest BCUT2D eigenvalue weighted by molar-refractivity contribution is 5.01. The molecule has 3 nitrogen and oxygen atoms in total. The Kier molecular flexibility index (Phi) is 3.56. The molecule has 0 heterocycles. The van der Waals surface area contributed by atoms with Gasteiger partial charge in [-0.1, -0.05) is 0 Å². The van der Waals surface area contributed by atoms with Crippen molar-refractivity contribution in [3.63, 3.8) is 0 Å². The highest BCUT2D eigenvalue weighted by atomic mass is 14.8. The molecule has 1 N–H and O–H groups in total. The van der Waals surface area contributed by atoms with Crippen molar-refractivity contribution in [2.45, 2.75) is 0 Å². The van der Waals surface area contributed by atoms with Gasteiger partial charge in [0.2, 0.25) is 0 Å². The van der Waals surface area contributed by atoms with Crippen LogP contribution in [-0.4, -0.2) is 0 Å². The molecule has 34 valence electrons. The van der Waals surface area contributed by atoms with Gasteiger partial charge < -0.3 is 0 Å². The molecule has 0 radical (unpaired) electrons. The number of rotatable bonds is 1. The van der Waals surface area contributed by atoms with Gasteiger partial charge >= 0.3 is 0 Å². The summed E-state index contributed by atoms with van der Waals surface area (Å²) < 4.78 is 0. The Morgan fingerprint density at radius 2 is 2.14 bits per heavy atom. The molecular weight excluding hydrogens is 90.1 g/mol. The molecule has 0 spiro atoms. The van der Waals surface area contributed by atoms with Crippen LogP contribution in [0, 0.1) is 22.8 Å². The monoisotopic (exact) mass is 93.0 g/mol. The lowest BCUT2D eigenvalue weighted by atomic mass is 10.7. The molecule has 0 unspecified atom stereocenters. The first-order chi connectivity index (χ1) is 3.41. The summed E-state index contributed by atoms with van der Waals surface area (Å²) in [6.45, 7) is 0. The second-order valence-corrected chi connectivity index (χ2v) is 0.719. The van der Waals surface area contributed by atoms with Gasteiger partial charge in [0, 0.05) is 12.3 Å². The fourth-order valence-corrected chi connectivity index (χ4v) is 0.116. The average Bonchev–Trinajstić information content (AvgIpc) is 1.69. The van der Waals surface area contributed by atoms with Gasteiger partial charge in [0.1, 0.15) is 0 Å². The van der Waals surface area contributed by atoms with Crippen molar-refractivity contribution in [2.75, 3.05) is 0 Å². The van der Waals surface area contributed by atoms with Crippen molar-refractivity contribution in [2.24, 2.45) is 0 Å². The van der Waals surface area contributed by atoms with E-state index in [1.165, 1.54) is 12.3 Å². The van der Waals surface area contributed by atoms with Crippen LogP contribution in [0.3, 0.4) is 0 Å². The Morgan fingerprint density at radius 1 is 1.43 bits per heavy atom. The van der Waals surface area contributed by atoms with E-state index in [-0.39, 0.29) is 0 Å². The molecule has 0 aromatic rings. The molecule has 0 saturated heterocycles. The molecule has 0 amide bonds. The van der Waals surface area contributed by atoms with E-state index >= 15 is 0 Å². The number of allylic oxidation sites excluding steroid dienone is 1. The maximum atomic E-state index is 7.81. The number of nitrogens with zero attached hydrogens (tertiary/aromatic N) is 2. The van der Waals surface area contributed by atoms with E-state index < -0.39 is 0 Å². The maximum absolute atomic E-state index is 7.81. The smallest absolute Gasteiger partial charge is 0.180 e. The van der Waals surface area contributed by atoms with Crippen LogP contribution in [0.5, 0.6) is 0 Å². The molecule has 0 aromatic heterocycles. The second-order valence-electron chi connectivity index (χ2n) is 0.719. The summed E-state index contributed by atoms with van der Waals surface area (Å²) in [5.41, 5.74) is 0. The van der Waals surface area contributed by atoms with Gasteiger partial charge in [-0.15, -0.1) is 0 Å². The van der Waals surface area contributed by atoms with E-state index in [0.717, 1.165) is 0 Å². The van der Waals surface area contributed by atoms with Crippen molar-refractivity contribution in [3.05, 3.63) is 12.3 Å². The minimum absolute atomic E-state index is 1.18. The highest BCUT2D eigenvalue weighted by Gasteiger charge is 1.59. The molecule has 0 fully saturated rings. The first-order valence-electron chi connectivity index (χ1n) is 1.61. The predicted octanol–water partition coefficient (Wildman–Crippen LogP) is 0.0944. The Bertz CT molecular complexity index is 134. The van der Waals surface area contributed by atoms with Crippen LogP contribution in [-0.2, 0) is 0 Å². The zero-order valence-electron chi connectivity index (χ0n) is 3.55. The summed E-state index contributed by atoms with van der Waals surface area (Å²) in [7, 11) is 0. The summed E-state index contributed by atoms with van der Waals surface area (Å²) >= 11 is 0. The number of hydrogen-bond donors (Lipinski definition) is 1. The summed E-state index contributed by atoms with van der Waals surface area (Å²) in [5, 5.41) is 17.7. The third kappa shape index (κ3) is 4.52. The summed E-state index contributed by atoms with van der Waals surface area (Å²) in [4.78, 5) is 0. The molecule has 0 atom stereocenters. The minimum atomic E-state index is 1.18. The number of hydrogen-bond acceptors (Lipinski definition) is 3. The van der Waals surface area contributed by atoms with Crippen LogP contribution < -0.4 is 5.32 Å². The Hall–Kier alpha value is -1.48. The van der Waals surface area contributed by atoms with Crippen LogP contribution in [0.1, 0.15) is 0 Å². The van der Waals surface area contributed by atoms with Gasteiger partial charge in [0.05, 0.1) is 6.07 Å². The van der Waals surface area contributed by atoms with Crippen molar-refractivity contribution >= 4 is 0 Å². The van der Waals surface area contributed by atoms with Gasteiger partial charge in [-0.2, -0.15) is 10.5 Å². The molecule has 7 heavy (non-hydrogen) atoms. The number of nitrogens with one attached hydrogen (secondary N) is 1. The van der Waals surface area contributed by atoms with Gasteiger partial charge in [-0.25, -0.2) is 0 Å². The Labute approximate surface area is 41.5 Å². The van der Waals surface area contributed by atoms with Crippen LogP contribution in [0.15, 0.2) is 12.3 Å². The van der Waals surface area contributed by atoms with E-state index in [9.17, 15) is 0 Å². The topological polar surface area (TPSA) is 59.6 Å². The molecule has 0 rings (SSSR count). The van der Waals surface area contributed by atoms with Crippen LogP contribution in [0.2, 0.25) is 0 Å². The van der Waals surface area contributed by atoms with Gasteiger partial charge in [0.25, 0.3) is 0 Å². The first kappa shape index (κ1) is 5.52. The van der Waals surface area contributed by atoms with Gasteiger partial charge in [-0.05, 0) is 0 Å². The Balaban J connectivity index is 3.19. The average molecular weight is 93.1 g/mol. The standard InChI is InChI=1S/C4H3N3/c5-2-1-3-7-4-6/h1,3,7H. The Morgan fingerprint density at radius 3 is 2.57 bits per heavy atom. The largest absolute Gasteiger partial charge is 0.299 e. The fraction of sp³-hybridized carbons (Fsp3) is 0. The normalized spacial score (nSPS) is 7.14. The van der Waals surface area contributed by atoms with Crippen molar-refractivity contribution in [3.8, 4) is 12.3 Å².